The lowest BCUT2D eigenvalue weighted by atomic mass is 10.2. The fourth-order valence-corrected chi connectivity index (χ4v) is 3.22. The van der Waals surface area contributed by atoms with Gasteiger partial charge in [-0.05, 0) is 24.3 Å². The molecule has 1 aliphatic rings. The van der Waals surface area contributed by atoms with E-state index < -0.39 is 0 Å². The van der Waals surface area contributed by atoms with Gasteiger partial charge in [0.2, 0.25) is 5.91 Å². The van der Waals surface area contributed by atoms with Gasteiger partial charge in [0.25, 0.3) is 0 Å². The maximum Gasteiger partial charge on any atom is 0.236 e. The number of rotatable bonds is 5. The number of hydrogen-bond acceptors (Lipinski definition) is 4. The van der Waals surface area contributed by atoms with Crippen molar-refractivity contribution in [3.05, 3.63) is 59.0 Å². The van der Waals surface area contributed by atoms with E-state index in [4.69, 9.17) is 11.6 Å². The molecule has 0 radical (unpaired) electrons. The summed E-state index contributed by atoms with van der Waals surface area (Å²) in [6.45, 7) is 3.71. The Kier molecular flexibility index (Phi) is 6.06. The Balaban J connectivity index is 1.51. The summed E-state index contributed by atoms with van der Waals surface area (Å²) in [4.78, 5) is 22.7. The zero-order chi connectivity index (χ0) is 18.5. The molecule has 1 aromatic carbocycles. The van der Waals surface area contributed by atoms with E-state index in [1.807, 2.05) is 18.2 Å². The summed E-state index contributed by atoms with van der Waals surface area (Å²) >= 11 is 6.04. The molecule has 1 fully saturated rings. The van der Waals surface area contributed by atoms with Crippen LogP contribution in [0.5, 0.6) is 0 Å². The zero-order valence-electron chi connectivity index (χ0n) is 14.7. The topological polar surface area (TPSA) is 39.7 Å². The van der Waals surface area contributed by atoms with Gasteiger partial charge in [0.15, 0.2) is 0 Å². The summed E-state index contributed by atoms with van der Waals surface area (Å²) < 4.78 is 13.9. The molecular formula is C19H22ClFN4O. The number of carbonyl (C=O) groups excluding carboxylic acids is 1. The van der Waals surface area contributed by atoms with E-state index in [0.29, 0.717) is 17.1 Å². The van der Waals surface area contributed by atoms with Gasteiger partial charge in [0.05, 0.1) is 6.54 Å². The molecule has 0 spiro atoms. The molecule has 7 heteroatoms. The summed E-state index contributed by atoms with van der Waals surface area (Å²) in [5.41, 5.74) is 0.352. The molecule has 0 saturated carbocycles. The van der Waals surface area contributed by atoms with Crippen LogP contribution >= 0.6 is 11.6 Å². The smallest absolute Gasteiger partial charge is 0.236 e. The van der Waals surface area contributed by atoms with E-state index in [-0.39, 0.29) is 18.3 Å². The fourth-order valence-electron chi connectivity index (χ4n) is 3.00. The SMILES string of the molecule is CN(Cc1c(F)cccc1Cl)C(=O)CN1CCN(c2ccccn2)CC1. The summed E-state index contributed by atoms with van der Waals surface area (Å²) in [5, 5.41) is 0.341. The summed E-state index contributed by atoms with van der Waals surface area (Å²) in [6.07, 6.45) is 1.79. The number of nitrogens with zero attached hydrogens (tertiary/aromatic N) is 4. The van der Waals surface area contributed by atoms with Crippen LogP contribution in [-0.4, -0.2) is 60.5 Å². The number of piperazine rings is 1. The number of hydrogen-bond donors (Lipinski definition) is 0. The van der Waals surface area contributed by atoms with E-state index in [1.54, 1.807) is 25.4 Å². The predicted molar refractivity (Wildman–Crippen MR) is 101 cm³/mol. The Morgan fingerprint density at radius 1 is 1.19 bits per heavy atom. The zero-order valence-corrected chi connectivity index (χ0v) is 15.5. The van der Waals surface area contributed by atoms with Crippen molar-refractivity contribution in [1.29, 1.82) is 0 Å². The molecular weight excluding hydrogens is 355 g/mol. The number of aromatic nitrogens is 1. The molecule has 2 aromatic rings. The van der Waals surface area contributed by atoms with Crippen LogP contribution in [0, 0.1) is 5.82 Å². The van der Waals surface area contributed by atoms with Crippen molar-refractivity contribution in [2.75, 3.05) is 44.7 Å². The first kappa shape index (κ1) is 18.6. The first-order chi connectivity index (χ1) is 12.5. The minimum absolute atomic E-state index is 0.0457. The molecule has 0 unspecified atom stereocenters. The van der Waals surface area contributed by atoms with Crippen LogP contribution < -0.4 is 4.90 Å². The van der Waals surface area contributed by atoms with Crippen LogP contribution in [0.2, 0.25) is 5.02 Å². The molecule has 138 valence electrons. The Labute approximate surface area is 158 Å². The van der Waals surface area contributed by atoms with Gasteiger partial charge in [-0.2, -0.15) is 0 Å². The Morgan fingerprint density at radius 3 is 2.62 bits per heavy atom. The second kappa shape index (κ2) is 8.47. The van der Waals surface area contributed by atoms with E-state index in [1.165, 1.54) is 11.0 Å². The molecule has 3 rings (SSSR count). The van der Waals surface area contributed by atoms with Crippen molar-refractivity contribution in [3.63, 3.8) is 0 Å². The summed E-state index contributed by atoms with van der Waals surface area (Å²) in [6, 6.07) is 10.4. The first-order valence-corrected chi connectivity index (χ1v) is 8.97. The second-order valence-electron chi connectivity index (χ2n) is 6.40. The molecule has 0 atom stereocenters. The normalized spacial score (nSPS) is 15.1. The summed E-state index contributed by atoms with van der Waals surface area (Å²) in [7, 11) is 1.68. The van der Waals surface area contributed by atoms with Gasteiger partial charge in [-0.15, -0.1) is 0 Å². The highest BCUT2D eigenvalue weighted by molar-refractivity contribution is 6.31. The van der Waals surface area contributed by atoms with Crippen molar-refractivity contribution in [2.24, 2.45) is 0 Å². The third-order valence-corrected chi connectivity index (χ3v) is 4.94. The van der Waals surface area contributed by atoms with Gasteiger partial charge in [-0.3, -0.25) is 9.69 Å². The van der Waals surface area contributed by atoms with E-state index in [9.17, 15) is 9.18 Å². The fraction of sp³-hybridized carbons (Fsp3) is 0.368. The number of likely N-dealkylation sites (N-methyl/N-ethyl adjacent to an activating group) is 1. The quantitative estimate of drug-likeness (QED) is 0.804. The van der Waals surface area contributed by atoms with E-state index >= 15 is 0 Å². The number of anilines is 1. The average Bonchev–Trinajstić information content (AvgIpc) is 2.66. The van der Waals surface area contributed by atoms with Crippen LogP contribution in [-0.2, 0) is 11.3 Å². The van der Waals surface area contributed by atoms with Crippen molar-refractivity contribution in [1.82, 2.24) is 14.8 Å². The number of amides is 1. The highest BCUT2D eigenvalue weighted by Gasteiger charge is 2.22. The minimum Gasteiger partial charge on any atom is -0.354 e. The lowest BCUT2D eigenvalue weighted by molar-refractivity contribution is -0.131. The van der Waals surface area contributed by atoms with Crippen molar-refractivity contribution in [3.8, 4) is 0 Å². The largest absolute Gasteiger partial charge is 0.354 e. The molecule has 1 saturated heterocycles. The van der Waals surface area contributed by atoms with Gasteiger partial charge in [0.1, 0.15) is 11.6 Å². The Bertz CT molecular complexity index is 730. The highest BCUT2D eigenvalue weighted by atomic mass is 35.5. The third kappa shape index (κ3) is 4.51. The van der Waals surface area contributed by atoms with Crippen LogP contribution in [0.3, 0.4) is 0 Å². The average molecular weight is 377 g/mol. The number of pyridine rings is 1. The molecule has 0 aliphatic carbocycles. The van der Waals surface area contributed by atoms with Crippen molar-refractivity contribution >= 4 is 23.3 Å². The molecule has 26 heavy (non-hydrogen) atoms. The molecule has 0 bridgehead atoms. The molecule has 1 aromatic heterocycles. The number of benzene rings is 1. The van der Waals surface area contributed by atoms with Gasteiger partial charge >= 0.3 is 0 Å². The van der Waals surface area contributed by atoms with Crippen molar-refractivity contribution in [2.45, 2.75) is 6.54 Å². The van der Waals surface area contributed by atoms with Gasteiger partial charge in [-0.1, -0.05) is 23.7 Å². The van der Waals surface area contributed by atoms with Crippen LogP contribution in [0.4, 0.5) is 10.2 Å². The lowest BCUT2D eigenvalue weighted by Gasteiger charge is -2.35. The van der Waals surface area contributed by atoms with Crippen molar-refractivity contribution < 1.29 is 9.18 Å². The van der Waals surface area contributed by atoms with E-state index in [0.717, 1.165) is 32.0 Å². The van der Waals surface area contributed by atoms with Crippen LogP contribution in [0.1, 0.15) is 5.56 Å². The summed E-state index contributed by atoms with van der Waals surface area (Å²) in [5.74, 6) is 0.529. The lowest BCUT2D eigenvalue weighted by Crippen LogP contribution is -2.49. The second-order valence-corrected chi connectivity index (χ2v) is 6.81. The Hall–Kier alpha value is -2.18. The predicted octanol–water partition coefficient (Wildman–Crippen LogP) is 2.65. The van der Waals surface area contributed by atoms with Gasteiger partial charge < -0.3 is 9.80 Å². The third-order valence-electron chi connectivity index (χ3n) is 4.59. The molecule has 1 amide bonds. The molecule has 2 heterocycles. The Morgan fingerprint density at radius 2 is 1.96 bits per heavy atom. The van der Waals surface area contributed by atoms with Crippen LogP contribution in [0.25, 0.3) is 0 Å². The van der Waals surface area contributed by atoms with Gasteiger partial charge in [0, 0.05) is 56.6 Å². The molecule has 1 aliphatic heterocycles. The molecule has 5 nitrogen and oxygen atoms in total. The maximum atomic E-state index is 13.9. The maximum absolute atomic E-state index is 13.9. The number of carbonyl (C=O) groups is 1. The minimum atomic E-state index is -0.388. The standard InChI is InChI=1S/C19H22ClFN4O/c1-23(13-15-16(20)5-4-6-17(15)21)19(26)14-24-9-11-25(12-10-24)18-7-2-3-8-22-18/h2-8H,9-14H2,1H3. The first-order valence-electron chi connectivity index (χ1n) is 8.60. The van der Waals surface area contributed by atoms with Gasteiger partial charge in [-0.25, -0.2) is 9.37 Å². The van der Waals surface area contributed by atoms with E-state index in [2.05, 4.69) is 14.8 Å². The van der Waals surface area contributed by atoms with Crippen LogP contribution in [0.15, 0.2) is 42.6 Å². The molecule has 0 N–H and O–H groups in total. The number of halogens is 2. The monoisotopic (exact) mass is 376 g/mol. The highest BCUT2D eigenvalue weighted by Crippen LogP contribution is 2.20.